The van der Waals surface area contributed by atoms with Crippen molar-refractivity contribution in [3.05, 3.63) is 35.9 Å². The van der Waals surface area contributed by atoms with Gasteiger partial charge >= 0.3 is 13.9 Å². The SMILES string of the molecule is CCCCCCOC(=O)N[C@H](c1ccccc1)[C@H](C)OP(=O)(O)O. The Morgan fingerprint density at radius 1 is 1.21 bits per heavy atom. The molecule has 0 saturated carbocycles. The van der Waals surface area contributed by atoms with Crippen LogP contribution < -0.4 is 5.32 Å². The van der Waals surface area contributed by atoms with E-state index in [1.807, 2.05) is 0 Å². The first-order valence-corrected chi connectivity index (χ1v) is 9.58. The van der Waals surface area contributed by atoms with Crippen molar-refractivity contribution in [2.24, 2.45) is 0 Å². The zero-order chi connectivity index (χ0) is 18.0. The van der Waals surface area contributed by atoms with Gasteiger partial charge in [-0.05, 0) is 18.9 Å². The van der Waals surface area contributed by atoms with E-state index in [9.17, 15) is 9.36 Å². The van der Waals surface area contributed by atoms with E-state index in [1.54, 1.807) is 30.3 Å². The predicted molar refractivity (Wildman–Crippen MR) is 90.4 cm³/mol. The summed E-state index contributed by atoms with van der Waals surface area (Å²) in [6.45, 7) is 3.89. The van der Waals surface area contributed by atoms with Gasteiger partial charge in [0.2, 0.25) is 0 Å². The van der Waals surface area contributed by atoms with Gasteiger partial charge < -0.3 is 19.8 Å². The largest absolute Gasteiger partial charge is 0.469 e. The van der Waals surface area contributed by atoms with Gasteiger partial charge in [0.25, 0.3) is 0 Å². The zero-order valence-corrected chi connectivity index (χ0v) is 14.9. The summed E-state index contributed by atoms with van der Waals surface area (Å²) in [5.74, 6) is 0. The van der Waals surface area contributed by atoms with Crippen LogP contribution in [0.15, 0.2) is 30.3 Å². The minimum absolute atomic E-state index is 0.307. The fraction of sp³-hybridized carbons (Fsp3) is 0.562. The van der Waals surface area contributed by atoms with E-state index in [2.05, 4.69) is 12.2 Å². The van der Waals surface area contributed by atoms with Crippen LogP contribution in [0.1, 0.15) is 51.1 Å². The lowest BCUT2D eigenvalue weighted by Gasteiger charge is -2.25. The summed E-state index contributed by atoms with van der Waals surface area (Å²) in [5, 5.41) is 2.62. The van der Waals surface area contributed by atoms with Crippen LogP contribution in [0.25, 0.3) is 0 Å². The molecule has 1 amide bonds. The second-order valence-corrected chi connectivity index (χ2v) is 6.72. The number of rotatable bonds is 10. The maximum Gasteiger partial charge on any atom is 0.469 e. The summed E-state index contributed by atoms with van der Waals surface area (Å²) >= 11 is 0. The fourth-order valence-corrected chi connectivity index (χ4v) is 2.83. The molecule has 0 spiro atoms. The first-order valence-electron chi connectivity index (χ1n) is 8.05. The first-order chi connectivity index (χ1) is 11.3. The molecule has 0 radical (unpaired) electrons. The molecular formula is C16H26NO6P. The average Bonchev–Trinajstić information content (AvgIpc) is 2.51. The molecule has 0 heterocycles. The number of nitrogens with one attached hydrogen (secondary N) is 1. The molecule has 1 rings (SSSR count). The molecule has 8 heteroatoms. The number of alkyl carbamates (subject to hydrolysis) is 1. The third-order valence-corrected chi connectivity index (χ3v) is 4.04. The van der Waals surface area contributed by atoms with Gasteiger partial charge in [-0.2, -0.15) is 0 Å². The standard InChI is InChI=1S/C16H26NO6P/c1-3-4-5-9-12-22-16(18)17-15(13(2)23-24(19,20)21)14-10-7-6-8-11-14/h6-8,10-11,13,15H,3-5,9,12H2,1-2H3,(H,17,18)(H2,19,20,21)/t13-,15-/m0/s1. The van der Waals surface area contributed by atoms with Crippen molar-refractivity contribution in [2.75, 3.05) is 6.61 Å². The Morgan fingerprint density at radius 3 is 2.46 bits per heavy atom. The molecule has 0 aromatic heterocycles. The molecule has 2 atom stereocenters. The van der Waals surface area contributed by atoms with Crippen molar-refractivity contribution >= 4 is 13.9 Å². The number of unbranched alkanes of at least 4 members (excludes halogenated alkanes) is 3. The maximum atomic E-state index is 11.9. The smallest absolute Gasteiger partial charge is 0.450 e. The van der Waals surface area contributed by atoms with Gasteiger partial charge in [0.05, 0.1) is 18.8 Å². The molecule has 7 nitrogen and oxygen atoms in total. The highest BCUT2D eigenvalue weighted by atomic mass is 31.2. The Balaban J connectivity index is 2.65. The molecule has 0 aliphatic carbocycles. The van der Waals surface area contributed by atoms with E-state index >= 15 is 0 Å². The van der Waals surface area contributed by atoms with E-state index < -0.39 is 26.1 Å². The summed E-state index contributed by atoms with van der Waals surface area (Å²) < 4.78 is 20.9. The molecule has 0 unspecified atom stereocenters. The van der Waals surface area contributed by atoms with Crippen molar-refractivity contribution in [2.45, 2.75) is 51.7 Å². The van der Waals surface area contributed by atoms with Crippen LogP contribution in [-0.4, -0.2) is 28.6 Å². The molecule has 1 aromatic carbocycles. The first kappa shape index (κ1) is 20.6. The second-order valence-electron chi connectivity index (χ2n) is 5.53. The maximum absolute atomic E-state index is 11.9. The fourth-order valence-electron chi connectivity index (χ4n) is 2.27. The third-order valence-electron chi connectivity index (χ3n) is 3.44. The van der Waals surface area contributed by atoms with Gasteiger partial charge in [0, 0.05) is 0 Å². The van der Waals surface area contributed by atoms with Gasteiger partial charge in [0.15, 0.2) is 0 Å². The normalized spacial score (nSPS) is 14.0. The lowest BCUT2D eigenvalue weighted by atomic mass is 10.0. The Bertz CT molecular complexity index is 533. The molecule has 136 valence electrons. The van der Waals surface area contributed by atoms with E-state index in [-0.39, 0.29) is 0 Å². The number of amides is 1. The van der Waals surface area contributed by atoms with Gasteiger partial charge in [-0.1, -0.05) is 56.5 Å². The Morgan fingerprint density at radius 2 is 1.88 bits per heavy atom. The molecule has 0 aliphatic rings. The molecule has 1 aromatic rings. The Hall–Kier alpha value is -1.40. The average molecular weight is 359 g/mol. The van der Waals surface area contributed by atoms with Crippen LogP contribution in [-0.2, 0) is 13.8 Å². The van der Waals surface area contributed by atoms with Crippen molar-refractivity contribution in [1.29, 1.82) is 0 Å². The highest BCUT2D eigenvalue weighted by molar-refractivity contribution is 7.46. The van der Waals surface area contributed by atoms with Crippen molar-refractivity contribution in [1.82, 2.24) is 5.32 Å². The molecule has 0 saturated heterocycles. The quantitative estimate of drug-likeness (QED) is 0.436. The number of benzene rings is 1. The van der Waals surface area contributed by atoms with Crippen molar-refractivity contribution in [3.63, 3.8) is 0 Å². The van der Waals surface area contributed by atoms with Crippen LogP contribution in [0.2, 0.25) is 0 Å². The number of phosphoric ester groups is 1. The highest BCUT2D eigenvalue weighted by Gasteiger charge is 2.28. The van der Waals surface area contributed by atoms with Crippen LogP contribution in [0.5, 0.6) is 0 Å². The number of phosphoric acid groups is 1. The predicted octanol–water partition coefficient (Wildman–Crippen LogP) is 3.53. The molecule has 0 bridgehead atoms. The number of hydrogen-bond donors (Lipinski definition) is 3. The zero-order valence-electron chi connectivity index (χ0n) is 14.1. The van der Waals surface area contributed by atoms with Crippen LogP contribution in [0, 0.1) is 0 Å². The molecule has 3 N–H and O–H groups in total. The van der Waals surface area contributed by atoms with E-state index in [0.717, 1.165) is 25.7 Å². The van der Waals surface area contributed by atoms with E-state index in [4.69, 9.17) is 19.0 Å². The van der Waals surface area contributed by atoms with E-state index in [0.29, 0.717) is 12.2 Å². The number of carbonyl (C=O) groups excluding carboxylic acids is 1. The third kappa shape index (κ3) is 8.45. The minimum Gasteiger partial charge on any atom is -0.450 e. The van der Waals surface area contributed by atoms with Gasteiger partial charge in [-0.15, -0.1) is 0 Å². The lowest BCUT2D eigenvalue weighted by Crippen LogP contribution is -2.36. The van der Waals surface area contributed by atoms with Crippen LogP contribution in [0.4, 0.5) is 4.79 Å². The number of ether oxygens (including phenoxy) is 1. The van der Waals surface area contributed by atoms with Gasteiger partial charge in [-0.25, -0.2) is 9.36 Å². The van der Waals surface area contributed by atoms with Crippen LogP contribution >= 0.6 is 7.82 Å². The number of carbonyl (C=O) groups is 1. The highest BCUT2D eigenvalue weighted by Crippen LogP contribution is 2.40. The summed E-state index contributed by atoms with van der Waals surface area (Å²) in [5.41, 5.74) is 0.668. The Kier molecular flexibility index (Phi) is 9.00. The monoisotopic (exact) mass is 359 g/mol. The number of hydrogen-bond acceptors (Lipinski definition) is 4. The summed E-state index contributed by atoms with van der Waals surface area (Å²) in [7, 11) is -4.67. The van der Waals surface area contributed by atoms with Crippen molar-refractivity contribution in [3.8, 4) is 0 Å². The van der Waals surface area contributed by atoms with Crippen LogP contribution in [0.3, 0.4) is 0 Å². The molecule has 24 heavy (non-hydrogen) atoms. The summed E-state index contributed by atoms with van der Waals surface area (Å²) in [6, 6.07) is 8.09. The molecule has 0 aliphatic heterocycles. The van der Waals surface area contributed by atoms with Crippen molar-refractivity contribution < 1.29 is 28.4 Å². The summed E-state index contributed by atoms with van der Waals surface area (Å²) in [4.78, 5) is 29.9. The Labute approximate surface area is 142 Å². The molecule has 0 fully saturated rings. The topological polar surface area (TPSA) is 105 Å². The summed E-state index contributed by atoms with van der Waals surface area (Å²) in [6.07, 6.45) is 2.39. The van der Waals surface area contributed by atoms with Gasteiger partial charge in [-0.3, -0.25) is 4.52 Å². The second kappa shape index (κ2) is 10.5. The van der Waals surface area contributed by atoms with Gasteiger partial charge in [0.1, 0.15) is 0 Å². The lowest BCUT2D eigenvalue weighted by molar-refractivity contribution is 0.0993. The molecular weight excluding hydrogens is 333 g/mol. The minimum atomic E-state index is -4.67. The van der Waals surface area contributed by atoms with E-state index in [1.165, 1.54) is 6.92 Å².